The summed E-state index contributed by atoms with van der Waals surface area (Å²) in [4.78, 5) is 29.1. The first-order valence-electron chi connectivity index (χ1n) is 8.49. The Bertz CT molecular complexity index is 1020. The second-order valence-corrected chi connectivity index (χ2v) is 6.07. The number of anilines is 3. The summed E-state index contributed by atoms with van der Waals surface area (Å²) in [6.45, 7) is 2.33. The normalized spacial score (nSPS) is 10.2. The van der Waals surface area contributed by atoms with Crippen LogP contribution in [-0.4, -0.2) is 19.8 Å². The van der Waals surface area contributed by atoms with Gasteiger partial charge in [0.15, 0.2) is 0 Å². The van der Waals surface area contributed by atoms with Crippen molar-refractivity contribution in [1.82, 2.24) is 9.97 Å². The number of nitro benzene ring substituents is 1. The Hall–Kier alpha value is -4.28. The Morgan fingerprint density at radius 3 is 2.14 bits per heavy atom. The maximum absolute atomic E-state index is 11.6. The maximum atomic E-state index is 11.6. The first-order chi connectivity index (χ1) is 13.9. The Labute approximate surface area is 165 Å². The van der Waals surface area contributed by atoms with Gasteiger partial charge in [0.1, 0.15) is 6.33 Å². The van der Waals surface area contributed by atoms with Crippen LogP contribution < -0.4 is 16.2 Å². The number of nitrogens with one attached hydrogen (secondary N) is 3. The predicted octanol–water partition coefficient (Wildman–Crippen LogP) is 3.65. The van der Waals surface area contributed by atoms with E-state index in [0.717, 1.165) is 11.1 Å². The van der Waals surface area contributed by atoms with Crippen LogP contribution in [0.1, 0.15) is 11.1 Å². The summed E-state index contributed by atoms with van der Waals surface area (Å²) < 4.78 is 0. The number of benzene rings is 2. The zero-order chi connectivity index (χ0) is 20.8. The smallest absolute Gasteiger partial charge is 0.354 e. The fourth-order valence-corrected chi connectivity index (χ4v) is 2.46. The number of rotatable bonds is 8. The molecule has 0 unspecified atom stereocenters. The third-order valence-electron chi connectivity index (χ3n) is 3.99. The first-order valence-corrected chi connectivity index (χ1v) is 8.49. The van der Waals surface area contributed by atoms with Gasteiger partial charge in [0, 0.05) is 18.7 Å². The van der Waals surface area contributed by atoms with E-state index in [1.165, 1.54) is 30.6 Å². The molecule has 0 fully saturated rings. The average Bonchev–Trinajstić information content (AvgIpc) is 2.72. The number of non-ortho nitro benzene ring substituents is 1. The van der Waals surface area contributed by atoms with E-state index in [4.69, 9.17) is 0 Å². The molecule has 3 rings (SSSR count). The number of aryl methyl sites for hydroxylation is 1. The van der Waals surface area contributed by atoms with Crippen molar-refractivity contribution in [3.8, 4) is 0 Å². The van der Waals surface area contributed by atoms with E-state index in [9.17, 15) is 20.2 Å². The van der Waals surface area contributed by atoms with Crippen LogP contribution >= 0.6 is 0 Å². The van der Waals surface area contributed by atoms with E-state index in [1.807, 2.05) is 31.2 Å². The van der Waals surface area contributed by atoms with Gasteiger partial charge in [0.25, 0.3) is 5.69 Å². The van der Waals surface area contributed by atoms with Gasteiger partial charge < -0.3 is 5.32 Å². The molecule has 0 aliphatic heterocycles. The van der Waals surface area contributed by atoms with Gasteiger partial charge in [0.2, 0.25) is 11.6 Å². The second kappa shape index (κ2) is 8.61. The molecule has 148 valence electrons. The number of hydrazine groups is 1. The van der Waals surface area contributed by atoms with Crippen LogP contribution in [0.15, 0.2) is 54.9 Å². The third kappa shape index (κ3) is 4.91. The summed E-state index contributed by atoms with van der Waals surface area (Å²) in [6.07, 6.45) is 1.20. The van der Waals surface area contributed by atoms with Crippen molar-refractivity contribution in [2.45, 2.75) is 13.5 Å². The molecule has 2 aromatic carbocycles. The van der Waals surface area contributed by atoms with E-state index < -0.39 is 9.85 Å². The highest BCUT2D eigenvalue weighted by Crippen LogP contribution is 2.29. The number of hydrogen-bond acceptors (Lipinski definition) is 9. The van der Waals surface area contributed by atoms with Crippen molar-refractivity contribution >= 4 is 28.7 Å². The van der Waals surface area contributed by atoms with Gasteiger partial charge in [-0.15, -0.1) is 0 Å². The molecule has 0 amide bonds. The maximum Gasteiger partial charge on any atom is 0.354 e. The van der Waals surface area contributed by atoms with Gasteiger partial charge in [-0.2, -0.15) is 0 Å². The van der Waals surface area contributed by atoms with E-state index >= 15 is 0 Å². The summed E-state index contributed by atoms with van der Waals surface area (Å²) in [7, 11) is 0. The van der Waals surface area contributed by atoms with Crippen molar-refractivity contribution < 1.29 is 9.85 Å². The van der Waals surface area contributed by atoms with Gasteiger partial charge in [0.05, 0.1) is 15.5 Å². The zero-order valence-corrected chi connectivity index (χ0v) is 15.3. The van der Waals surface area contributed by atoms with Crippen molar-refractivity contribution in [2.24, 2.45) is 0 Å². The minimum atomic E-state index is -0.586. The van der Waals surface area contributed by atoms with E-state index in [2.05, 4.69) is 26.1 Å². The molecule has 0 bridgehead atoms. The Morgan fingerprint density at radius 1 is 0.862 bits per heavy atom. The molecule has 0 aliphatic carbocycles. The molecule has 0 saturated carbocycles. The third-order valence-corrected chi connectivity index (χ3v) is 3.99. The van der Waals surface area contributed by atoms with Crippen LogP contribution in [0.4, 0.5) is 28.7 Å². The second-order valence-electron chi connectivity index (χ2n) is 6.07. The molecule has 0 atom stereocenters. The monoisotopic (exact) mass is 395 g/mol. The Kier molecular flexibility index (Phi) is 5.78. The van der Waals surface area contributed by atoms with Crippen LogP contribution in [0.3, 0.4) is 0 Å². The number of nitro groups is 2. The molecule has 0 saturated heterocycles. The van der Waals surface area contributed by atoms with Crippen LogP contribution in [0.5, 0.6) is 0 Å². The topological polar surface area (TPSA) is 148 Å². The van der Waals surface area contributed by atoms with Gasteiger partial charge in [-0.25, -0.2) is 9.97 Å². The van der Waals surface area contributed by atoms with Crippen LogP contribution in [-0.2, 0) is 6.54 Å². The summed E-state index contributed by atoms with van der Waals surface area (Å²) in [5, 5.41) is 25.2. The molecule has 0 spiro atoms. The van der Waals surface area contributed by atoms with Crippen LogP contribution in [0.25, 0.3) is 0 Å². The van der Waals surface area contributed by atoms with Crippen molar-refractivity contribution in [3.05, 3.63) is 86.2 Å². The molecule has 3 aromatic rings. The number of hydrogen-bond donors (Lipinski definition) is 3. The largest absolute Gasteiger partial charge is 0.360 e. The highest BCUT2D eigenvalue weighted by molar-refractivity contribution is 5.70. The molecule has 0 radical (unpaired) electrons. The van der Waals surface area contributed by atoms with Gasteiger partial charge in [-0.05, 0) is 24.6 Å². The van der Waals surface area contributed by atoms with Crippen LogP contribution in [0, 0.1) is 27.2 Å². The summed E-state index contributed by atoms with van der Waals surface area (Å²) in [5.41, 5.74) is 7.53. The fraction of sp³-hybridized carbons (Fsp3) is 0.111. The van der Waals surface area contributed by atoms with Crippen molar-refractivity contribution in [2.75, 3.05) is 16.2 Å². The molecule has 1 heterocycles. The Balaban J connectivity index is 1.74. The van der Waals surface area contributed by atoms with E-state index in [-0.39, 0.29) is 23.0 Å². The fourth-order valence-electron chi connectivity index (χ4n) is 2.46. The van der Waals surface area contributed by atoms with Crippen molar-refractivity contribution in [1.29, 1.82) is 0 Å². The average molecular weight is 395 g/mol. The van der Waals surface area contributed by atoms with E-state index in [1.54, 1.807) is 0 Å². The number of nitrogens with zero attached hydrogens (tertiary/aromatic N) is 4. The highest BCUT2D eigenvalue weighted by Gasteiger charge is 2.23. The lowest BCUT2D eigenvalue weighted by Gasteiger charge is -2.11. The first kappa shape index (κ1) is 19.5. The SMILES string of the molecule is Cc1ccc(CNc2ncnc(NNc3ccc([N+](=O)[O-])cc3)c2[N+](=O)[O-])cc1. The molecule has 1 aromatic heterocycles. The lowest BCUT2D eigenvalue weighted by molar-refractivity contribution is -0.384. The van der Waals surface area contributed by atoms with E-state index in [0.29, 0.717) is 12.2 Å². The molecular formula is C18H17N7O4. The zero-order valence-electron chi connectivity index (χ0n) is 15.3. The number of aromatic nitrogens is 2. The van der Waals surface area contributed by atoms with Crippen LogP contribution in [0.2, 0.25) is 0 Å². The van der Waals surface area contributed by atoms with Gasteiger partial charge in [-0.3, -0.25) is 31.1 Å². The summed E-state index contributed by atoms with van der Waals surface area (Å²) >= 11 is 0. The lowest BCUT2D eigenvalue weighted by atomic mass is 10.1. The Morgan fingerprint density at radius 2 is 1.52 bits per heavy atom. The molecular weight excluding hydrogens is 378 g/mol. The molecule has 3 N–H and O–H groups in total. The molecule has 29 heavy (non-hydrogen) atoms. The highest BCUT2D eigenvalue weighted by atomic mass is 16.6. The quantitative estimate of drug-likeness (QED) is 0.384. The lowest BCUT2D eigenvalue weighted by Crippen LogP contribution is -2.14. The minimum absolute atomic E-state index is 0.0465. The minimum Gasteiger partial charge on any atom is -0.360 e. The van der Waals surface area contributed by atoms with Crippen molar-refractivity contribution in [3.63, 3.8) is 0 Å². The predicted molar refractivity (Wildman–Crippen MR) is 108 cm³/mol. The standard InChI is InChI=1S/C18H17N7O4/c1-12-2-4-13(5-3-12)10-19-17-16(25(28)29)18(21-11-20-17)23-22-14-6-8-15(9-7-14)24(26)27/h2-9,11,22H,10H2,1H3,(H2,19,20,21,23). The molecule has 0 aliphatic rings. The summed E-state index contributed by atoms with van der Waals surface area (Å²) in [5.74, 6) is 0.0216. The molecule has 11 nitrogen and oxygen atoms in total. The summed E-state index contributed by atoms with van der Waals surface area (Å²) in [6, 6.07) is 13.3. The molecule has 11 heteroatoms. The van der Waals surface area contributed by atoms with Gasteiger partial charge >= 0.3 is 5.69 Å². The van der Waals surface area contributed by atoms with Gasteiger partial charge in [-0.1, -0.05) is 29.8 Å².